The van der Waals surface area contributed by atoms with Gasteiger partial charge in [-0.25, -0.2) is 0 Å². The number of nitrogens with zero attached hydrogens (tertiary/aromatic N) is 1. The van der Waals surface area contributed by atoms with E-state index in [4.69, 9.17) is 0 Å². The Morgan fingerprint density at radius 3 is 2.41 bits per heavy atom. The molecule has 0 aromatic carbocycles. The molecule has 1 N–H and O–H groups in total. The van der Waals surface area contributed by atoms with Gasteiger partial charge in [-0.05, 0) is 36.0 Å². The zero-order chi connectivity index (χ0) is 24.5. The Morgan fingerprint density at radius 1 is 1.19 bits per heavy atom. The predicted octanol–water partition coefficient (Wildman–Crippen LogP) is 6.29. The van der Waals surface area contributed by atoms with Crippen LogP contribution in [0, 0.1) is 17.8 Å². The fourth-order valence-electron chi connectivity index (χ4n) is 2.78. The lowest BCUT2D eigenvalue weighted by molar-refractivity contribution is -0.123. The summed E-state index contributed by atoms with van der Waals surface area (Å²) in [7, 11) is 3.50. The van der Waals surface area contributed by atoms with Crippen molar-refractivity contribution in [2.45, 2.75) is 46.1 Å². The van der Waals surface area contributed by atoms with Crippen LogP contribution in [0.15, 0.2) is 97.3 Å². The number of likely N-dealkylation sites (N-methyl/N-ethyl adjacent to an activating group) is 2. The number of hydrogen-bond acceptors (Lipinski definition) is 2. The molecule has 3 heteroatoms. The Morgan fingerprint density at radius 2 is 1.88 bits per heavy atom. The van der Waals surface area contributed by atoms with Crippen LogP contribution in [-0.4, -0.2) is 30.9 Å². The molecule has 0 spiro atoms. The summed E-state index contributed by atoms with van der Waals surface area (Å²) >= 11 is 0. The summed E-state index contributed by atoms with van der Waals surface area (Å²) in [6.07, 6.45) is 17.6. The van der Waals surface area contributed by atoms with Crippen molar-refractivity contribution in [2.24, 2.45) is 5.92 Å². The molecule has 1 unspecified atom stereocenters. The first-order valence-electron chi connectivity index (χ1n) is 11.0. The lowest BCUT2D eigenvalue weighted by Gasteiger charge is -2.32. The van der Waals surface area contributed by atoms with Crippen LogP contribution >= 0.6 is 0 Å². The molecule has 0 saturated carbocycles. The van der Waals surface area contributed by atoms with Crippen molar-refractivity contribution in [3.8, 4) is 11.8 Å². The molecule has 0 aliphatic rings. The standard InChI is InChI=1S/C29H40N2O/c1-10-13-19-27(25(7)31(9)28(24(6)12-3)29(32)30-8)20-16-14-15-18-26(17-11-2)22-21-23(4)5/h10-11,16-17,19-23,28H,1-2,6-7,12-14H2,3-5,8-9H3,(H,30,32)/b20-16-,22-21-,26-17-,27-19+. The topological polar surface area (TPSA) is 32.3 Å². The second-order valence-corrected chi connectivity index (χ2v) is 7.64. The Hall–Kier alpha value is -3.25. The van der Waals surface area contributed by atoms with Gasteiger partial charge in [-0.15, -0.1) is 6.58 Å². The maximum atomic E-state index is 12.5. The van der Waals surface area contributed by atoms with E-state index < -0.39 is 6.04 Å². The molecule has 0 saturated heterocycles. The maximum Gasteiger partial charge on any atom is 0.246 e. The molecule has 0 aromatic heterocycles. The number of rotatable bonds is 13. The van der Waals surface area contributed by atoms with Gasteiger partial charge in [-0.1, -0.05) is 94.9 Å². The molecule has 0 aliphatic carbocycles. The molecule has 172 valence electrons. The van der Waals surface area contributed by atoms with Gasteiger partial charge in [0.05, 0.1) is 0 Å². The highest BCUT2D eigenvalue weighted by atomic mass is 16.2. The van der Waals surface area contributed by atoms with Gasteiger partial charge in [-0.3, -0.25) is 4.79 Å². The summed E-state index contributed by atoms with van der Waals surface area (Å²) in [4.78, 5) is 14.3. The van der Waals surface area contributed by atoms with Crippen molar-refractivity contribution in [1.82, 2.24) is 10.2 Å². The molecule has 0 heterocycles. The molecule has 0 radical (unpaired) electrons. The molecule has 0 fully saturated rings. The van der Waals surface area contributed by atoms with Gasteiger partial charge < -0.3 is 10.2 Å². The minimum atomic E-state index is -0.475. The zero-order valence-corrected chi connectivity index (χ0v) is 20.6. The molecule has 0 aliphatic heterocycles. The lowest BCUT2D eigenvalue weighted by atomic mass is 10.0. The van der Waals surface area contributed by atoms with Crippen molar-refractivity contribution in [3.05, 3.63) is 97.3 Å². The van der Waals surface area contributed by atoms with E-state index in [0.717, 1.165) is 22.4 Å². The van der Waals surface area contributed by atoms with Crippen LogP contribution in [0.1, 0.15) is 40.0 Å². The first-order valence-corrected chi connectivity index (χ1v) is 11.0. The van der Waals surface area contributed by atoms with Gasteiger partial charge in [0, 0.05) is 31.8 Å². The van der Waals surface area contributed by atoms with Crippen molar-refractivity contribution >= 4 is 5.91 Å². The SMILES string of the molecule is C=C/C=C(C#CC/C=C\C(=C/CC=C)C(=C)N(C)C(C(=C)CC)C(=O)NC)\C=C/C(C)C. The van der Waals surface area contributed by atoms with Crippen LogP contribution in [-0.2, 0) is 4.79 Å². The molecule has 0 rings (SSSR count). The van der Waals surface area contributed by atoms with Crippen LogP contribution in [0.25, 0.3) is 0 Å². The monoisotopic (exact) mass is 432 g/mol. The highest BCUT2D eigenvalue weighted by molar-refractivity contribution is 5.85. The molecule has 1 amide bonds. The van der Waals surface area contributed by atoms with Crippen LogP contribution in [0.3, 0.4) is 0 Å². The minimum absolute atomic E-state index is 0.102. The third kappa shape index (κ3) is 10.7. The molecule has 1 atom stereocenters. The van der Waals surface area contributed by atoms with E-state index in [1.165, 1.54) is 0 Å². The number of carbonyl (C=O) groups is 1. The van der Waals surface area contributed by atoms with Gasteiger partial charge in [0.1, 0.15) is 6.04 Å². The smallest absolute Gasteiger partial charge is 0.246 e. The highest BCUT2D eigenvalue weighted by Gasteiger charge is 2.25. The Balaban J connectivity index is 5.59. The summed E-state index contributed by atoms with van der Waals surface area (Å²) in [6.45, 7) is 22.1. The molecular formula is C29H40N2O. The molecular weight excluding hydrogens is 392 g/mol. The first-order chi connectivity index (χ1) is 15.2. The van der Waals surface area contributed by atoms with Crippen LogP contribution in [0.2, 0.25) is 0 Å². The van der Waals surface area contributed by atoms with E-state index in [9.17, 15) is 4.79 Å². The molecule has 32 heavy (non-hydrogen) atoms. The van der Waals surface area contributed by atoms with Crippen molar-refractivity contribution in [1.29, 1.82) is 0 Å². The van der Waals surface area contributed by atoms with Crippen LogP contribution in [0.4, 0.5) is 0 Å². The molecule has 0 bridgehead atoms. The summed E-state index contributed by atoms with van der Waals surface area (Å²) in [5.74, 6) is 6.72. The predicted molar refractivity (Wildman–Crippen MR) is 141 cm³/mol. The average Bonchev–Trinajstić information content (AvgIpc) is 2.78. The largest absolute Gasteiger partial charge is 0.359 e. The van der Waals surface area contributed by atoms with Gasteiger partial charge in [0.15, 0.2) is 0 Å². The van der Waals surface area contributed by atoms with E-state index in [0.29, 0.717) is 25.2 Å². The minimum Gasteiger partial charge on any atom is -0.359 e. The summed E-state index contributed by atoms with van der Waals surface area (Å²) < 4.78 is 0. The second kappa shape index (κ2) is 16.4. The number of nitrogens with one attached hydrogen (secondary N) is 1. The maximum absolute atomic E-state index is 12.5. The fourth-order valence-corrected chi connectivity index (χ4v) is 2.78. The fraction of sp³-hybridized carbons (Fsp3) is 0.345. The Bertz CT molecular complexity index is 837. The summed E-state index contributed by atoms with van der Waals surface area (Å²) in [6, 6.07) is -0.475. The van der Waals surface area contributed by atoms with E-state index in [2.05, 4.69) is 63.4 Å². The number of amides is 1. The third-order valence-electron chi connectivity index (χ3n) is 4.69. The third-order valence-corrected chi connectivity index (χ3v) is 4.69. The van der Waals surface area contributed by atoms with Crippen molar-refractivity contribution < 1.29 is 4.79 Å². The van der Waals surface area contributed by atoms with Gasteiger partial charge >= 0.3 is 0 Å². The zero-order valence-electron chi connectivity index (χ0n) is 20.6. The number of carbonyl (C=O) groups excluding carboxylic acids is 1. The summed E-state index contributed by atoms with van der Waals surface area (Å²) in [5.41, 5.74) is 3.43. The second-order valence-electron chi connectivity index (χ2n) is 7.64. The highest BCUT2D eigenvalue weighted by Crippen LogP contribution is 2.22. The van der Waals surface area contributed by atoms with E-state index in [1.807, 2.05) is 55.3 Å². The molecule has 0 aromatic rings. The Kier molecular flexibility index (Phi) is 14.8. The lowest BCUT2D eigenvalue weighted by Crippen LogP contribution is -2.44. The van der Waals surface area contributed by atoms with Crippen LogP contribution in [0.5, 0.6) is 0 Å². The van der Waals surface area contributed by atoms with E-state index >= 15 is 0 Å². The molecule has 3 nitrogen and oxygen atoms in total. The van der Waals surface area contributed by atoms with Gasteiger partial charge in [0.25, 0.3) is 0 Å². The quantitative estimate of drug-likeness (QED) is 0.211. The average molecular weight is 433 g/mol. The first kappa shape index (κ1) is 28.8. The number of allylic oxidation sites excluding steroid dienone is 9. The summed E-state index contributed by atoms with van der Waals surface area (Å²) in [5, 5.41) is 2.72. The van der Waals surface area contributed by atoms with E-state index in [1.54, 1.807) is 13.1 Å². The van der Waals surface area contributed by atoms with Gasteiger partial charge in [0.2, 0.25) is 5.91 Å². The van der Waals surface area contributed by atoms with Crippen LogP contribution < -0.4 is 5.32 Å². The number of hydrogen-bond donors (Lipinski definition) is 1. The van der Waals surface area contributed by atoms with Crippen molar-refractivity contribution in [3.63, 3.8) is 0 Å². The Labute approximate surface area is 196 Å². The van der Waals surface area contributed by atoms with Crippen molar-refractivity contribution in [2.75, 3.05) is 14.1 Å². The van der Waals surface area contributed by atoms with Gasteiger partial charge in [-0.2, -0.15) is 0 Å². The normalized spacial score (nSPS) is 12.9. The van der Waals surface area contributed by atoms with E-state index in [-0.39, 0.29) is 5.91 Å².